The third kappa shape index (κ3) is 4.22. The first-order chi connectivity index (χ1) is 12.5. The number of carbonyl (C=O) groups is 2. The predicted molar refractivity (Wildman–Crippen MR) is 101 cm³/mol. The van der Waals surface area contributed by atoms with E-state index >= 15 is 0 Å². The summed E-state index contributed by atoms with van der Waals surface area (Å²) in [5.41, 5.74) is 3.25. The molecule has 0 saturated carbocycles. The molecule has 0 aliphatic carbocycles. The Bertz CT molecular complexity index is 880. The van der Waals surface area contributed by atoms with Crippen molar-refractivity contribution in [3.05, 3.63) is 65.9 Å². The number of hydrogen-bond donors (Lipinski definition) is 2. The number of nitrogens with one attached hydrogen (secondary N) is 2. The van der Waals surface area contributed by atoms with E-state index in [0.29, 0.717) is 12.2 Å². The molecule has 0 unspecified atom stereocenters. The number of aromatic nitrogens is 1. The zero-order valence-electron chi connectivity index (χ0n) is 14.8. The van der Waals surface area contributed by atoms with Gasteiger partial charge in [-0.15, -0.1) is 0 Å². The molecule has 1 amide bonds. The van der Waals surface area contributed by atoms with Gasteiger partial charge in [-0.3, -0.25) is 4.79 Å². The quantitative estimate of drug-likeness (QED) is 0.670. The van der Waals surface area contributed by atoms with Gasteiger partial charge in [0.25, 0.3) is 5.91 Å². The third-order valence-corrected chi connectivity index (χ3v) is 4.03. The van der Waals surface area contributed by atoms with Crippen molar-refractivity contribution in [3.63, 3.8) is 0 Å². The molecule has 0 fully saturated rings. The standard InChI is InChI=1S/C20H21N3O3/c1-23(2)16-9-7-14(8-10-16)12-21-19(24)13-26-20(25)18-11-15-5-3-4-6-17(15)22-18/h3-11,22H,12-13H2,1-2H3,(H,21,24). The van der Waals surface area contributed by atoms with Gasteiger partial charge in [0.1, 0.15) is 5.69 Å². The summed E-state index contributed by atoms with van der Waals surface area (Å²) >= 11 is 0. The van der Waals surface area contributed by atoms with Gasteiger partial charge in [0.05, 0.1) is 0 Å². The number of anilines is 1. The van der Waals surface area contributed by atoms with Crippen molar-refractivity contribution >= 4 is 28.5 Å². The van der Waals surface area contributed by atoms with Gasteiger partial charge in [-0.05, 0) is 29.8 Å². The smallest absolute Gasteiger partial charge is 0.355 e. The molecule has 0 atom stereocenters. The second kappa shape index (κ2) is 7.74. The number of carbonyl (C=O) groups excluding carboxylic acids is 2. The Morgan fingerprint density at radius 3 is 2.50 bits per heavy atom. The van der Waals surface area contributed by atoms with Gasteiger partial charge >= 0.3 is 5.97 Å². The van der Waals surface area contributed by atoms with Crippen LogP contribution in [-0.4, -0.2) is 37.6 Å². The maximum Gasteiger partial charge on any atom is 0.355 e. The molecule has 2 aromatic carbocycles. The molecule has 6 heteroatoms. The van der Waals surface area contributed by atoms with Gasteiger partial charge in [0, 0.05) is 37.2 Å². The van der Waals surface area contributed by atoms with Crippen molar-refractivity contribution in [2.75, 3.05) is 25.6 Å². The van der Waals surface area contributed by atoms with E-state index in [0.717, 1.165) is 22.2 Å². The minimum absolute atomic E-state index is 0.315. The summed E-state index contributed by atoms with van der Waals surface area (Å²) in [5.74, 6) is -0.891. The maximum atomic E-state index is 12.1. The lowest BCUT2D eigenvalue weighted by Crippen LogP contribution is -2.28. The van der Waals surface area contributed by atoms with E-state index < -0.39 is 5.97 Å². The van der Waals surface area contributed by atoms with Crippen molar-refractivity contribution in [2.24, 2.45) is 0 Å². The van der Waals surface area contributed by atoms with Crippen LogP contribution in [0.4, 0.5) is 5.69 Å². The summed E-state index contributed by atoms with van der Waals surface area (Å²) in [6.45, 7) is 0.0699. The Morgan fingerprint density at radius 2 is 1.81 bits per heavy atom. The number of esters is 1. The molecule has 1 aromatic heterocycles. The van der Waals surface area contributed by atoms with Crippen LogP contribution < -0.4 is 10.2 Å². The Morgan fingerprint density at radius 1 is 1.08 bits per heavy atom. The number of amides is 1. The van der Waals surface area contributed by atoms with E-state index in [1.807, 2.05) is 67.5 Å². The molecule has 6 nitrogen and oxygen atoms in total. The monoisotopic (exact) mass is 351 g/mol. The minimum Gasteiger partial charge on any atom is -0.451 e. The number of aromatic amines is 1. The van der Waals surface area contributed by atoms with E-state index in [9.17, 15) is 9.59 Å². The first-order valence-electron chi connectivity index (χ1n) is 8.31. The average molecular weight is 351 g/mol. The maximum absolute atomic E-state index is 12.1. The highest BCUT2D eigenvalue weighted by Gasteiger charge is 2.12. The third-order valence-electron chi connectivity index (χ3n) is 4.03. The summed E-state index contributed by atoms with van der Waals surface area (Å²) in [6, 6.07) is 17.1. The Labute approximate surface area is 151 Å². The fourth-order valence-electron chi connectivity index (χ4n) is 2.56. The minimum atomic E-state index is -0.549. The van der Waals surface area contributed by atoms with Crippen LogP contribution >= 0.6 is 0 Å². The number of rotatable bonds is 6. The number of para-hydroxylation sites is 1. The van der Waals surface area contributed by atoms with Crippen LogP contribution in [0.1, 0.15) is 16.1 Å². The van der Waals surface area contributed by atoms with E-state index in [2.05, 4.69) is 10.3 Å². The fraction of sp³-hybridized carbons (Fsp3) is 0.200. The van der Waals surface area contributed by atoms with Crippen molar-refractivity contribution in [2.45, 2.75) is 6.54 Å². The molecule has 0 radical (unpaired) electrons. The van der Waals surface area contributed by atoms with Crippen molar-refractivity contribution in [3.8, 4) is 0 Å². The summed E-state index contributed by atoms with van der Waals surface area (Å²) in [6.07, 6.45) is 0. The van der Waals surface area contributed by atoms with Gasteiger partial charge < -0.3 is 19.9 Å². The summed E-state index contributed by atoms with van der Waals surface area (Å²) < 4.78 is 5.07. The van der Waals surface area contributed by atoms with Crippen LogP contribution in [-0.2, 0) is 16.1 Å². The number of nitrogens with zero attached hydrogens (tertiary/aromatic N) is 1. The zero-order valence-corrected chi connectivity index (χ0v) is 14.8. The summed E-state index contributed by atoms with van der Waals surface area (Å²) in [7, 11) is 3.94. The lowest BCUT2D eigenvalue weighted by molar-refractivity contribution is -0.124. The number of ether oxygens (including phenoxy) is 1. The topological polar surface area (TPSA) is 74.4 Å². The largest absolute Gasteiger partial charge is 0.451 e. The number of hydrogen-bond acceptors (Lipinski definition) is 4. The molecule has 134 valence electrons. The van der Waals surface area contributed by atoms with Crippen molar-refractivity contribution in [1.29, 1.82) is 0 Å². The van der Waals surface area contributed by atoms with E-state index in [1.54, 1.807) is 6.07 Å². The van der Waals surface area contributed by atoms with Crippen LogP contribution in [0, 0.1) is 0 Å². The van der Waals surface area contributed by atoms with Crippen LogP contribution in [0.3, 0.4) is 0 Å². The highest BCUT2D eigenvalue weighted by atomic mass is 16.5. The second-order valence-electron chi connectivity index (χ2n) is 6.18. The molecule has 2 N–H and O–H groups in total. The Hall–Kier alpha value is -3.28. The number of H-pyrrole nitrogens is 1. The molecule has 3 aromatic rings. The molecule has 0 aliphatic heterocycles. The average Bonchev–Trinajstić information content (AvgIpc) is 3.09. The van der Waals surface area contributed by atoms with Gasteiger partial charge in [-0.1, -0.05) is 30.3 Å². The molecule has 0 aliphatic rings. The van der Waals surface area contributed by atoms with Gasteiger partial charge in [0.2, 0.25) is 0 Å². The molecule has 0 bridgehead atoms. The molecule has 0 spiro atoms. The van der Waals surface area contributed by atoms with Crippen molar-refractivity contribution in [1.82, 2.24) is 10.3 Å². The molecule has 1 heterocycles. The Balaban J connectivity index is 1.48. The SMILES string of the molecule is CN(C)c1ccc(CNC(=O)COC(=O)c2cc3ccccc3[nH]2)cc1. The van der Waals surface area contributed by atoms with Crippen LogP contribution in [0.2, 0.25) is 0 Å². The number of fused-ring (bicyclic) bond motifs is 1. The fourth-order valence-corrected chi connectivity index (χ4v) is 2.56. The van der Waals surface area contributed by atoms with E-state index in [-0.39, 0.29) is 12.5 Å². The van der Waals surface area contributed by atoms with Crippen LogP contribution in [0.25, 0.3) is 10.9 Å². The summed E-state index contributed by atoms with van der Waals surface area (Å²) in [4.78, 5) is 28.9. The predicted octanol–water partition coefficient (Wildman–Crippen LogP) is 2.71. The van der Waals surface area contributed by atoms with Gasteiger partial charge in [-0.25, -0.2) is 4.79 Å². The first kappa shape index (κ1) is 17.5. The normalized spacial score (nSPS) is 10.5. The number of benzene rings is 2. The molecular formula is C20H21N3O3. The first-order valence-corrected chi connectivity index (χ1v) is 8.31. The second-order valence-corrected chi connectivity index (χ2v) is 6.18. The Kier molecular flexibility index (Phi) is 5.22. The molecule has 3 rings (SSSR count). The molecule has 0 saturated heterocycles. The van der Waals surface area contributed by atoms with E-state index in [1.165, 1.54) is 0 Å². The lowest BCUT2D eigenvalue weighted by atomic mass is 10.2. The lowest BCUT2D eigenvalue weighted by Gasteiger charge is -2.13. The van der Waals surface area contributed by atoms with Crippen LogP contribution in [0.15, 0.2) is 54.6 Å². The highest BCUT2D eigenvalue weighted by Crippen LogP contribution is 2.15. The van der Waals surface area contributed by atoms with Gasteiger partial charge in [0.15, 0.2) is 6.61 Å². The zero-order chi connectivity index (χ0) is 18.5. The van der Waals surface area contributed by atoms with Crippen LogP contribution in [0.5, 0.6) is 0 Å². The van der Waals surface area contributed by atoms with Crippen molar-refractivity contribution < 1.29 is 14.3 Å². The summed E-state index contributed by atoms with van der Waals surface area (Å²) in [5, 5.41) is 3.66. The molecular weight excluding hydrogens is 330 g/mol. The van der Waals surface area contributed by atoms with Gasteiger partial charge in [-0.2, -0.15) is 0 Å². The highest BCUT2D eigenvalue weighted by molar-refractivity contribution is 5.95. The van der Waals surface area contributed by atoms with E-state index in [4.69, 9.17) is 4.74 Å². The molecule has 26 heavy (non-hydrogen) atoms.